The van der Waals surface area contributed by atoms with Crippen LogP contribution >= 0.6 is 57.7 Å². The average Bonchev–Trinajstić information content (AvgIpc) is 2.74. The van der Waals surface area contributed by atoms with Crippen LogP contribution in [0.4, 0.5) is 0 Å². The molecule has 1 heterocycles. The van der Waals surface area contributed by atoms with Gasteiger partial charge in [-0.25, -0.2) is 9.59 Å². The summed E-state index contributed by atoms with van der Waals surface area (Å²) in [5.41, 5.74) is -0.446. The van der Waals surface area contributed by atoms with Gasteiger partial charge >= 0.3 is 11.9 Å². The summed E-state index contributed by atoms with van der Waals surface area (Å²) in [5, 5.41) is 17.8. The minimum Gasteiger partial charge on any atom is -0.478 e. The average molecular weight is 360 g/mol. The molecule has 19 heavy (non-hydrogen) atoms. The highest BCUT2D eigenvalue weighted by Crippen LogP contribution is 2.48. The van der Waals surface area contributed by atoms with Gasteiger partial charge in [0.1, 0.15) is 4.88 Å². The van der Waals surface area contributed by atoms with Gasteiger partial charge in [0.05, 0.1) is 30.4 Å². The summed E-state index contributed by atoms with van der Waals surface area (Å²) in [5.74, 6) is -2.82. The molecule has 2 aromatic rings. The number of aromatic carboxylic acids is 2. The predicted molar refractivity (Wildman–Crippen MR) is 75.8 cm³/mol. The summed E-state index contributed by atoms with van der Waals surface area (Å²) in [6, 6.07) is 0. The molecule has 0 saturated heterocycles. The Morgan fingerprint density at radius 2 is 1.37 bits per heavy atom. The zero-order valence-corrected chi connectivity index (χ0v) is 12.5. The Kier molecular flexibility index (Phi) is 3.86. The van der Waals surface area contributed by atoms with Crippen LogP contribution in [0.15, 0.2) is 0 Å². The molecule has 0 spiro atoms. The van der Waals surface area contributed by atoms with Crippen molar-refractivity contribution in [3.63, 3.8) is 0 Å². The van der Waals surface area contributed by atoms with E-state index in [9.17, 15) is 9.59 Å². The molecule has 9 heteroatoms. The minimum atomic E-state index is -1.43. The maximum atomic E-state index is 11.2. The number of carboxylic acids is 2. The Labute approximate surface area is 130 Å². The van der Waals surface area contributed by atoms with Crippen molar-refractivity contribution in [1.29, 1.82) is 0 Å². The summed E-state index contributed by atoms with van der Waals surface area (Å²) >= 11 is 24.3. The summed E-state index contributed by atoms with van der Waals surface area (Å²) in [6.07, 6.45) is 0. The van der Waals surface area contributed by atoms with Crippen LogP contribution in [0.5, 0.6) is 0 Å². The molecule has 0 unspecified atom stereocenters. The highest BCUT2D eigenvalue weighted by molar-refractivity contribution is 7.22. The number of carboxylic acid groups (broad SMARTS) is 2. The monoisotopic (exact) mass is 358 g/mol. The molecule has 2 rings (SSSR count). The number of thiophene rings is 1. The van der Waals surface area contributed by atoms with Gasteiger partial charge in [-0.05, 0) is 0 Å². The number of benzene rings is 1. The van der Waals surface area contributed by atoms with E-state index >= 15 is 0 Å². The predicted octanol–water partition coefficient (Wildman–Crippen LogP) is 4.91. The molecule has 0 radical (unpaired) electrons. The molecule has 1 aromatic heterocycles. The highest BCUT2D eigenvalue weighted by Gasteiger charge is 2.28. The van der Waals surface area contributed by atoms with Gasteiger partial charge in [-0.3, -0.25) is 0 Å². The second kappa shape index (κ2) is 5.00. The number of carbonyl (C=O) groups is 2. The highest BCUT2D eigenvalue weighted by atomic mass is 35.5. The molecule has 0 aliphatic carbocycles. The van der Waals surface area contributed by atoms with E-state index in [4.69, 9.17) is 56.6 Å². The molecular weight excluding hydrogens is 358 g/mol. The largest absolute Gasteiger partial charge is 0.478 e. The van der Waals surface area contributed by atoms with E-state index in [-0.39, 0.29) is 35.1 Å². The van der Waals surface area contributed by atoms with Crippen molar-refractivity contribution < 1.29 is 19.8 Å². The van der Waals surface area contributed by atoms with Crippen LogP contribution in [0.1, 0.15) is 20.0 Å². The van der Waals surface area contributed by atoms with Crippen molar-refractivity contribution in [3.8, 4) is 0 Å². The quantitative estimate of drug-likeness (QED) is 0.590. The van der Waals surface area contributed by atoms with Crippen molar-refractivity contribution in [2.75, 3.05) is 0 Å². The maximum Gasteiger partial charge on any atom is 0.346 e. The van der Waals surface area contributed by atoms with E-state index in [0.717, 1.165) is 0 Å². The Morgan fingerprint density at radius 3 is 1.84 bits per heavy atom. The zero-order chi connectivity index (χ0) is 14.5. The zero-order valence-electron chi connectivity index (χ0n) is 8.63. The smallest absolute Gasteiger partial charge is 0.346 e. The first-order valence-corrected chi connectivity index (χ1v) is 6.85. The molecule has 100 valence electrons. The van der Waals surface area contributed by atoms with Crippen LogP contribution in [-0.4, -0.2) is 22.2 Å². The number of hydrogen-bond acceptors (Lipinski definition) is 3. The Hall–Kier alpha value is -0.720. The van der Waals surface area contributed by atoms with E-state index in [2.05, 4.69) is 0 Å². The molecule has 4 nitrogen and oxygen atoms in total. The number of rotatable bonds is 2. The lowest BCUT2D eigenvalue weighted by Gasteiger charge is -2.05. The van der Waals surface area contributed by atoms with Crippen LogP contribution in [0.25, 0.3) is 10.1 Å². The van der Waals surface area contributed by atoms with Gasteiger partial charge in [-0.15, -0.1) is 11.3 Å². The summed E-state index contributed by atoms with van der Waals surface area (Å²) < 4.78 is 0.177. The summed E-state index contributed by atoms with van der Waals surface area (Å²) in [6.45, 7) is 0. The van der Waals surface area contributed by atoms with E-state index in [0.29, 0.717) is 11.3 Å². The lowest BCUT2D eigenvalue weighted by Crippen LogP contribution is -2.04. The molecule has 0 atom stereocenters. The van der Waals surface area contributed by atoms with Crippen molar-refractivity contribution in [2.45, 2.75) is 0 Å². The maximum absolute atomic E-state index is 11.2. The van der Waals surface area contributed by atoms with Crippen molar-refractivity contribution >= 4 is 79.8 Å². The second-order valence-corrected chi connectivity index (χ2v) is 5.91. The van der Waals surface area contributed by atoms with E-state index in [1.165, 1.54) is 0 Å². The molecule has 0 saturated carbocycles. The third-order valence-electron chi connectivity index (χ3n) is 2.31. The van der Waals surface area contributed by atoms with Gasteiger partial charge in [-0.2, -0.15) is 0 Å². The fourth-order valence-corrected chi connectivity index (χ4v) is 3.81. The first-order valence-electron chi connectivity index (χ1n) is 4.52. The van der Waals surface area contributed by atoms with E-state index in [1.807, 2.05) is 0 Å². The van der Waals surface area contributed by atoms with Gasteiger partial charge in [0, 0.05) is 5.39 Å². The van der Waals surface area contributed by atoms with Crippen LogP contribution in [0.2, 0.25) is 20.1 Å². The van der Waals surface area contributed by atoms with Crippen molar-refractivity contribution in [1.82, 2.24) is 0 Å². The van der Waals surface area contributed by atoms with E-state index in [1.54, 1.807) is 0 Å². The molecule has 2 N–H and O–H groups in total. The van der Waals surface area contributed by atoms with Gasteiger partial charge < -0.3 is 10.2 Å². The summed E-state index contributed by atoms with van der Waals surface area (Å²) in [4.78, 5) is 21.9. The van der Waals surface area contributed by atoms with Crippen LogP contribution < -0.4 is 0 Å². The van der Waals surface area contributed by atoms with Gasteiger partial charge in [0.2, 0.25) is 0 Å². The molecule has 0 bridgehead atoms. The first kappa shape index (κ1) is 14.7. The number of hydrogen-bond donors (Lipinski definition) is 2. The second-order valence-electron chi connectivity index (χ2n) is 3.38. The normalized spacial score (nSPS) is 10.9. The molecule has 0 aliphatic rings. The SMILES string of the molecule is O=C(O)c1sc2c(Cl)c(Cl)c(Cl)c(Cl)c2c1C(=O)O. The first-order chi connectivity index (χ1) is 8.77. The van der Waals surface area contributed by atoms with Crippen LogP contribution in [0.3, 0.4) is 0 Å². The van der Waals surface area contributed by atoms with E-state index < -0.39 is 17.5 Å². The summed E-state index contributed by atoms with van der Waals surface area (Å²) in [7, 11) is 0. The van der Waals surface area contributed by atoms with Gasteiger partial charge in [0.25, 0.3) is 0 Å². The molecular formula is C10H2Cl4O4S. The van der Waals surface area contributed by atoms with Crippen LogP contribution in [-0.2, 0) is 0 Å². The van der Waals surface area contributed by atoms with Gasteiger partial charge in [0.15, 0.2) is 0 Å². The topological polar surface area (TPSA) is 74.6 Å². The molecule has 1 aromatic carbocycles. The molecule has 0 fully saturated rings. The minimum absolute atomic E-state index is 0.0176. The van der Waals surface area contributed by atoms with Gasteiger partial charge in [-0.1, -0.05) is 46.4 Å². The Bertz CT molecular complexity index is 737. The standard InChI is InChI=1S/C10H2Cl4O4S/c11-3-1-2(9(15)16)8(10(17)18)19-7(1)6(14)5(13)4(3)12/h(H,15,16)(H,17,18). The van der Waals surface area contributed by atoms with Crippen LogP contribution in [0, 0.1) is 0 Å². The third-order valence-corrected chi connectivity index (χ3v) is 5.42. The van der Waals surface area contributed by atoms with Crippen molar-refractivity contribution in [3.05, 3.63) is 30.5 Å². The lowest BCUT2D eigenvalue weighted by atomic mass is 10.1. The lowest BCUT2D eigenvalue weighted by molar-refractivity contribution is 0.0657. The molecule has 0 amide bonds. The number of halogens is 4. The molecule has 0 aliphatic heterocycles. The fraction of sp³-hybridized carbons (Fsp3) is 0. The third kappa shape index (κ3) is 2.15. The fourth-order valence-electron chi connectivity index (χ4n) is 1.55. The Morgan fingerprint density at radius 1 is 0.842 bits per heavy atom. The Balaban J connectivity index is 3.10. The van der Waals surface area contributed by atoms with Crippen molar-refractivity contribution in [2.24, 2.45) is 0 Å². The number of fused-ring (bicyclic) bond motifs is 1.